The Hall–Kier alpha value is -3.19. The van der Waals surface area contributed by atoms with Crippen LogP contribution >= 0.6 is 19.9 Å². The minimum absolute atomic E-state index is 0.0312. The summed E-state index contributed by atoms with van der Waals surface area (Å²) in [7, 11) is -3.13. The first-order chi connectivity index (χ1) is 18.1. The van der Waals surface area contributed by atoms with Crippen LogP contribution in [0.3, 0.4) is 0 Å². The van der Waals surface area contributed by atoms with Crippen molar-refractivity contribution in [2.24, 2.45) is 4.99 Å². The van der Waals surface area contributed by atoms with E-state index in [1.165, 1.54) is 36.7 Å². The van der Waals surface area contributed by atoms with Crippen LogP contribution in [0.5, 0.6) is 0 Å². The van der Waals surface area contributed by atoms with Gasteiger partial charge < -0.3 is 25.4 Å². The summed E-state index contributed by atoms with van der Waals surface area (Å²) in [6.07, 6.45) is 2.84. The summed E-state index contributed by atoms with van der Waals surface area (Å²) < 4.78 is 28.8. The number of nitrogens with two attached hydrogens (primary N) is 1. The molecule has 3 rings (SSSR count). The van der Waals surface area contributed by atoms with Gasteiger partial charge in [-0.25, -0.2) is 4.79 Å². The lowest BCUT2D eigenvalue weighted by molar-refractivity contribution is -0.115. The summed E-state index contributed by atoms with van der Waals surface area (Å²) >= 11 is 5.85. The Bertz CT molecular complexity index is 1260. The predicted molar refractivity (Wildman–Crippen MR) is 138 cm³/mol. The fraction of sp³-hybridized carbons (Fsp3) is 0.391. The van der Waals surface area contributed by atoms with Crippen molar-refractivity contribution in [1.29, 1.82) is 0 Å². The number of halogens is 1. The molecule has 1 saturated heterocycles. The van der Waals surface area contributed by atoms with Gasteiger partial charge in [0.05, 0.1) is 11.3 Å². The average molecular weight is 570 g/mol. The highest BCUT2D eigenvalue weighted by Crippen LogP contribution is 2.35. The molecule has 2 heterocycles. The van der Waals surface area contributed by atoms with E-state index in [9.17, 15) is 29.3 Å². The number of anilines is 1. The van der Waals surface area contributed by atoms with E-state index in [0.29, 0.717) is 19.3 Å². The van der Waals surface area contributed by atoms with Crippen LogP contribution in [-0.4, -0.2) is 67.5 Å². The molecule has 5 N–H and O–H groups in total. The second-order valence-electron chi connectivity index (χ2n) is 8.15. The molecule has 13 nitrogen and oxygen atoms in total. The summed E-state index contributed by atoms with van der Waals surface area (Å²) in [6, 6.07) is 1.32. The number of ether oxygens (including phenoxy) is 2. The smallest absolute Gasteiger partial charge is 0.512 e. The Morgan fingerprint density at radius 3 is 2.82 bits per heavy atom. The first kappa shape index (κ1) is 29.4. The maximum absolute atomic E-state index is 12.2. The molecule has 0 saturated carbocycles. The highest BCUT2D eigenvalue weighted by Gasteiger charge is 2.50. The van der Waals surface area contributed by atoms with Crippen molar-refractivity contribution in [2.75, 3.05) is 18.2 Å². The van der Waals surface area contributed by atoms with Gasteiger partial charge in [0.2, 0.25) is 0 Å². The molecule has 0 spiro atoms. The molecule has 1 aliphatic heterocycles. The molecule has 1 aromatic rings. The number of rotatable bonds is 11. The van der Waals surface area contributed by atoms with Crippen LogP contribution in [0.2, 0.25) is 0 Å². The minimum atomic E-state index is -3.13. The lowest BCUT2D eigenvalue weighted by Crippen LogP contribution is -2.37. The van der Waals surface area contributed by atoms with Gasteiger partial charge in [0.25, 0.3) is 0 Å². The lowest BCUT2D eigenvalue weighted by atomic mass is 9.97. The van der Waals surface area contributed by atoms with Crippen LogP contribution in [-0.2, 0) is 23.4 Å². The van der Waals surface area contributed by atoms with Crippen LogP contribution < -0.4 is 11.4 Å². The Morgan fingerprint density at radius 1 is 1.42 bits per heavy atom. The zero-order valence-electron chi connectivity index (χ0n) is 20.1. The molecule has 204 valence electrons. The molecule has 1 aliphatic carbocycles. The number of aliphatic hydroxyl groups excluding tert-OH is 2. The van der Waals surface area contributed by atoms with Crippen LogP contribution in [0, 0.1) is 0 Å². The summed E-state index contributed by atoms with van der Waals surface area (Å²) in [5, 5.41) is 20.7. The summed E-state index contributed by atoms with van der Waals surface area (Å²) in [6.45, 7) is 3.38. The molecule has 0 amide bonds. The van der Waals surface area contributed by atoms with E-state index >= 15 is 0 Å². The first-order valence-corrected chi connectivity index (χ1v) is 13.0. The Labute approximate surface area is 223 Å². The molecule has 1 unspecified atom stereocenters. The van der Waals surface area contributed by atoms with E-state index in [4.69, 9.17) is 31.3 Å². The number of carbonyl (C=O) groups is 1. The molecule has 2 aliphatic rings. The molecular weight excluding hydrogens is 543 g/mol. The number of aliphatic hydroxyl groups is 2. The van der Waals surface area contributed by atoms with Crippen molar-refractivity contribution < 1.29 is 38.5 Å². The normalized spacial score (nSPS) is 25.2. The summed E-state index contributed by atoms with van der Waals surface area (Å²) in [5.74, 6) is -0.0521. The van der Waals surface area contributed by atoms with E-state index in [2.05, 4.69) is 16.6 Å². The molecule has 1 fully saturated rings. The second kappa shape index (κ2) is 13.6. The third-order valence-electron chi connectivity index (χ3n) is 5.61. The van der Waals surface area contributed by atoms with Crippen molar-refractivity contribution in [3.05, 3.63) is 70.3 Å². The van der Waals surface area contributed by atoms with Gasteiger partial charge in [-0.05, 0) is 24.6 Å². The first-order valence-electron chi connectivity index (χ1n) is 11.4. The number of allylic oxidation sites excluding steroid dienone is 5. The fourth-order valence-electron chi connectivity index (χ4n) is 3.78. The molecule has 38 heavy (non-hydrogen) atoms. The number of aliphatic imine (C=N–C) groups is 1. The molecular formula is C23H27ClN4O9P+. The summed E-state index contributed by atoms with van der Waals surface area (Å²) in [4.78, 5) is 41.4. The highest BCUT2D eigenvalue weighted by atomic mass is 35.5. The maximum Gasteiger partial charge on any atom is 0.695 e. The van der Waals surface area contributed by atoms with Crippen LogP contribution in [0.15, 0.2) is 69.6 Å². The monoisotopic (exact) mass is 569 g/mol. The second-order valence-corrected chi connectivity index (χ2v) is 9.14. The molecule has 15 heteroatoms. The van der Waals surface area contributed by atoms with E-state index in [1.807, 2.05) is 0 Å². The van der Waals surface area contributed by atoms with E-state index in [1.54, 1.807) is 0 Å². The Morgan fingerprint density at radius 2 is 2.18 bits per heavy atom. The highest BCUT2D eigenvalue weighted by molar-refractivity contribution is 7.32. The topological polar surface area (TPSA) is 196 Å². The van der Waals surface area contributed by atoms with Crippen molar-refractivity contribution in [3.8, 4) is 0 Å². The predicted octanol–water partition coefficient (Wildman–Crippen LogP) is 1.96. The number of nitrogen functional groups attached to an aromatic ring is 1. The third kappa shape index (κ3) is 7.44. The molecule has 5 atom stereocenters. The van der Waals surface area contributed by atoms with Gasteiger partial charge in [-0.15, -0.1) is 21.0 Å². The van der Waals surface area contributed by atoms with Crippen LogP contribution in [0.25, 0.3) is 0 Å². The van der Waals surface area contributed by atoms with Crippen LogP contribution in [0.4, 0.5) is 5.82 Å². The standard InChI is InChI=1S/C23H26ClN4O9P/c1-2-13(26-11-15-16(29)4-3-5-17(15)30)10-14(6-8-24)35-12-18-21(37-38(33)34)20(31)22(36-18)28-9-7-19(25)27-23(28)32/h2,6-7,9-11,18,20-22,31H,1,3-5,8,12H2,(H3-,25,26,27,29,30,32,33,34)/p+1/b13-10+,14-6+/t18-,20-,21-,22-/m1/s1. The number of hydrogen-bond acceptors (Lipinski definition) is 11. The molecule has 0 radical (unpaired) electrons. The zero-order chi connectivity index (χ0) is 27.8. The number of ketones is 1. The zero-order valence-corrected chi connectivity index (χ0v) is 21.7. The van der Waals surface area contributed by atoms with E-state index < -0.39 is 38.5 Å². The van der Waals surface area contributed by atoms with Crippen molar-refractivity contribution >= 4 is 37.7 Å². The summed E-state index contributed by atoms with van der Waals surface area (Å²) in [5.41, 5.74) is 5.10. The SMILES string of the molecule is C=C/C(=C\C(=C/CCl)OC[C@H]1O[C@@H](n2ccc(N)nc2=O)[C@H](O)[C@@H]1O[P+](=O)O)N=CC1=C(O)CCCC1=O. The lowest BCUT2D eigenvalue weighted by Gasteiger charge is -2.17. The van der Waals surface area contributed by atoms with Gasteiger partial charge in [0, 0.05) is 41.8 Å². The van der Waals surface area contributed by atoms with Gasteiger partial charge in [0.15, 0.2) is 18.1 Å². The number of hydrogen-bond donors (Lipinski definition) is 4. The average Bonchev–Trinajstić information content (AvgIpc) is 3.15. The van der Waals surface area contributed by atoms with Crippen LogP contribution in [0.1, 0.15) is 25.5 Å². The van der Waals surface area contributed by atoms with Crippen molar-refractivity contribution in [1.82, 2.24) is 9.55 Å². The molecule has 1 aromatic heterocycles. The van der Waals surface area contributed by atoms with Gasteiger partial charge in [-0.1, -0.05) is 6.58 Å². The minimum Gasteiger partial charge on any atom is -0.512 e. The maximum atomic E-state index is 12.2. The van der Waals surface area contributed by atoms with Gasteiger partial charge >= 0.3 is 13.9 Å². The molecule has 0 aromatic carbocycles. The third-order valence-corrected chi connectivity index (χ3v) is 6.19. The number of Topliss-reactive ketones (excluding diaryl/α,β-unsaturated/α-hetero) is 1. The Balaban J connectivity index is 1.79. The molecule has 0 bridgehead atoms. The van der Waals surface area contributed by atoms with Gasteiger partial charge in [-0.3, -0.25) is 14.4 Å². The fourth-order valence-corrected chi connectivity index (χ4v) is 4.40. The quantitative estimate of drug-likeness (QED) is 0.0999. The van der Waals surface area contributed by atoms with Gasteiger partial charge in [0.1, 0.15) is 36.2 Å². The number of carbonyl (C=O) groups excluding carboxylic acids is 1. The van der Waals surface area contributed by atoms with Gasteiger partial charge in [-0.2, -0.15) is 4.98 Å². The number of alkyl halides is 1. The van der Waals surface area contributed by atoms with E-state index in [-0.39, 0.29) is 46.9 Å². The Kier molecular flexibility index (Phi) is 10.5. The van der Waals surface area contributed by atoms with Crippen molar-refractivity contribution in [2.45, 2.75) is 43.8 Å². The van der Waals surface area contributed by atoms with Crippen molar-refractivity contribution in [3.63, 3.8) is 0 Å². The number of aromatic nitrogens is 2. The number of nitrogens with zero attached hydrogens (tertiary/aromatic N) is 3. The largest absolute Gasteiger partial charge is 0.695 e. The van der Waals surface area contributed by atoms with E-state index in [0.717, 1.165) is 4.57 Å².